The molecule has 1 heterocycles. The molecule has 0 radical (unpaired) electrons. The van der Waals surface area contributed by atoms with E-state index in [-0.39, 0.29) is 18.2 Å². The Morgan fingerprint density at radius 1 is 1.31 bits per heavy atom. The summed E-state index contributed by atoms with van der Waals surface area (Å²) in [6.45, 7) is 4.26. The summed E-state index contributed by atoms with van der Waals surface area (Å²) in [6.07, 6.45) is -2.90. The molecule has 1 aromatic carbocycles. The van der Waals surface area contributed by atoms with Crippen LogP contribution in [0.25, 0.3) is 0 Å². The van der Waals surface area contributed by atoms with Gasteiger partial charge in [0.1, 0.15) is 6.54 Å². The maximum Gasteiger partial charge on any atom is 0.573 e. The lowest BCUT2D eigenvalue weighted by molar-refractivity contribution is -0.274. The number of hydrogen-bond acceptors (Lipinski definition) is 4. The Morgan fingerprint density at radius 3 is 2.65 bits per heavy atom. The fourth-order valence-corrected chi connectivity index (χ4v) is 2.43. The van der Waals surface area contributed by atoms with Gasteiger partial charge in [0.25, 0.3) is 0 Å². The zero-order chi connectivity index (χ0) is 19.2. The summed E-state index contributed by atoms with van der Waals surface area (Å²) in [6, 6.07) is 7.38. The number of hydrogen-bond donors (Lipinski definition) is 2. The van der Waals surface area contributed by atoms with Gasteiger partial charge in [-0.1, -0.05) is 31.1 Å². The van der Waals surface area contributed by atoms with Gasteiger partial charge in [-0.3, -0.25) is 0 Å². The predicted octanol–water partition coefficient (Wildman–Crippen LogP) is 4.40. The molecule has 6 nitrogen and oxygen atoms in total. The first kappa shape index (κ1) is 19.6. The molecule has 0 spiro atoms. The molecule has 0 amide bonds. The molecule has 0 aliphatic carbocycles. The summed E-state index contributed by atoms with van der Waals surface area (Å²) in [5.41, 5.74) is 6.66. The molecule has 2 rings (SSSR count). The maximum atomic E-state index is 12.4. The van der Waals surface area contributed by atoms with E-state index < -0.39 is 12.1 Å². The van der Waals surface area contributed by atoms with Crippen molar-refractivity contribution in [2.45, 2.75) is 45.5 Å². The highest BCUT2D eigenvalue weighted by molar-refractivity contribution is 5.93. The van der Waals surface area contributed by atoms with Crippen LogP contribution in [0.15, 0.2) is 39.8 Å². The molecule has 0 aliphatic heterocycles. The summed E-state index contributed by atoms with van der Waals surface area (Å²) < 4.78 is 46.4. The normalized spacial score (nSPS) is 12.5. The van der Waals surface area contributed by atoms with E-state index in [4.69, 9.17) is 10.3 Å². The van der Waals surface area contributed by atoms with Crippen LogP contribution in [0, 0.1) is 0 Å². The Bertz CT molecular complexity index is 740. The number of aromatic nitrogens is 1. The minimum absolute atomic E-state index is 0.0568. The van der Waals surface area contributed by atoms with Crippen molar-refractivity contribution in [2.24, 2.45) is 10.7 Å². The van der Waals surface area contributed by atoms with Crippen molar-refractivity contribution in [1.82, 2.24) is 5.16 Å². The number of benzene rings is 1. The number of nitrogens with two attached hydrogens (primary N) is 1. The first-order valence-electron chi connectivity index (χ1n) is 8.19. The van der Waals surface area contributed by atoms with Gasteiger partial charge in [0.2, 0.25) is 0 Å². The highest BCUT2D eigenvalue weighted by Crippen LogP contribution is 2.29. The highest BCUT2D eigenvalue weighted by atomic mass is 19.4. The molecule has 142 valence electrons. The van der Waals surface area contributed by atoms with Crippen LogP contribution in [0.5, 0.6) is 5.75 Å². The van der Waals surface area contributed by atoms with Crippen LogP contribution < -0.4 is 15.8 Å². The maximum absolute atomic E-state index is 12.4. The van der Waals surface area contributed by atoms with Gasteiger partial charge >= 0.3 is 6.36 Å². The second-order valence-electron chi connectivity index (χ2n) is 5.60. The molecular formula is C17H21F3N4O2. The van der Waals surface area contributed by atoms with Gasteiger partial charge in [-0.25, -0.2) is 4.99 Å². The third-order valence-electron chi connectivity index (χ3n) is 3.76. The van der Waals surface area contributed by atoms with Crippen molar-refractivity contribution in [3.8, 4) is 5.75 Å². The second kappa shape index (κ2) is 8.59. The van der Waals surface area contributed by atoms with Gasteiger partial charge in [-0.2, -0.15) is 0 Å². The van der Waals surface area contributed by atoms with Crippen LogP contribution in [0.2, 0.25) is 0 Å². The molecule has 1 aromatic heterocycles. The number of rotatable bonds is 7. The Morgan fingerprint density at radius 2 is 2.00 bits per heavy atom. The minimum Gasteiger partial charge on any atom is -0.404 e. The summed E-state index contributed by atoms with van der Waals surface area (Å²) in [4.78, 5) is 4.06. The Labute approximate surface area is 149 Å². The van der Waals surface area contributed by atoms with Crippen LogP contribution >= 0.6 is 0 Å². The lowest BCUT2D eigenvalue weighted by Gasteiger charge is -2.13. The number of nitrogens with zero attached hydrogens (tertiary/aromatic N) is 2. The van der Waals surface area contributed by atoms with E-state index in [9.17, 15) is 13.2 Å². The van der Waals surface area contributed by atoms with Crippen molar-refractivity contribution in [2.75, 3.05) is 5.32 Å². The van der Waals surface area contributed by atoms with Gasteiger partial charge in [-0.05, 0) is 25.0 Å². The van der Waals surface area contributed by atoms with Crippen molar-refractivity contribution in [3.05, 3.63) is 41.8 Å². The van der Waals surface area contributed by atoms with Crippen LogP contribution in [-0.2, 0) is 6.54 Å². The smallest absolute Gasteiger partial charge is 0.404 e. The number of para-hydroxylation sites is 2. The molecule has 26 heavy (non-hydrogen) atoms. The molecule has 0 atom stereocenters. The molecule has 9 heteroatoms. The lowest BCUT2D eigenvalue weighted by atomic mass is 9.99. The van der Waals surface area contributed by atoms with Gasteiger partial charge in [-0.15, -0.1) is 13.2 Å². The summed E-state index contributed by atoms with van der Waals surface area (Å²) in [7, 11) is 0. The zero-order valence-corrected chi connectivity index (χ0v) is 14.5. The minimum atomic E-state index is -4.80. The number of nitrogens with one attached hydrogen (secondary N) is 1. The molecule has 0 aliphatic rings. The molecule has 0 bridgehead atoms. The van der Waals surface area contributed by atoms with Crippen molar-refractivity contribution < 1.29 is 22.4 Å². The molecule has 2 aromatic rings. The van der Waals surface area contributed by atoms with Crippen molar-refractivity contribution in [1.29, 1.82) is 0 Å². The van der Waals surface area contributed by atoms with E-state index in [0.29, 0.717) is 11.7 Å². The van der Waals surface area contributed by atoms with E-state index in [2.05, 4.69) is 34.1 Å². The van der Waals surface area contributed by atoms with Gasteiger partial charge in [0.05, 0.1) is 11.4 Å². The molecular weight excluding hydrogens is 349 g/mol. The molecule has 0 saturated heterocycles. The van der Waals surface area contributed by atoms with Crippen molar-refractivity contribution >= 4 is 11.6 Å². The van der Waals surface area contributed by atoms with E-state index in [1.165, 1.54) is 18.2 Å². The van der Waals surface area contributed by atoms with E-state index in [1.807, 2.05) is 6.07 Å². The molecule has 0 unspecified atom stereocenters. The van der Waals surface area contributed by atoms with Crippen LogP contribution in [-0.4, -0.2) is 17.5 Å². The Hall–Kier alpha value is -2.71. The number of alkyl halides is 3. The van der Waals surface area contributed by atoms with E-state index in [0.717, 1.165) is 18.5 Å². The van der Waals surface area contributed by atoms with Gasteiger partial charge in [0, 0.05) is 12.0 Å². The van der Waals surface area contributed by atoms with E-state index >= 15 is 0 Å². The monoisotopic (exact) mass is 370 g/mol. The van der Waals surface area contributed by atoms with E-state index in [1.54, 1.807) is 6.07 Å². The zero-order valence-electron chi connectivity index (χ0n) is 14.5. The van der Waals surface area contributed by atoms with Crippen LogP contribution in [0.1, 0.15) is 44.1 Å². The molecule has 0 fully saturated rings. The third kappa shape index (κ3) is 5.68. The van der Waals surface area contributed by atoms with Gasteiger partial charge < -0.3 is 20.3 Å². The quantitative estimate of drug-likeness (QED) is 0.557. The first-order valence-corrected chi connectivity index (χ1v) is 8.19. The fraction of sp³-hybridized carbons (Fsp3) is 0.412. The lowest BCUT2D eigenvalue weighted by Crippen LogP contribution is -2.24. The second-order valence-corrected chi connectivity index (χ2v) is 5.60. The summed E-state index contributed by atoms with van der Waals surface area (Å²) in [5.74, 6) is 0.382. The average molecular weight is 370 g/mol. The summed E-state index contributed by atoms with van der Waals surface area (Å²) >= 11 is 0. The number of halogens is 3. The molecule has 3 N–H and O–H groups in total. The number of ether oxygens (including phenoxy) is 1. The third-order valence-corrected chi connectivity index (χ3v) is 3.76. The number of aliphatic imine (C=N–C) groups is 1. The summed E-state index contributed by atoms with van der Waals surface area (Å²) in [5, 5.41) is 6.62. The van der Waals surface area contributed by atoms with Crippen LogP contribution in [0.4, 0.5) is 18.9 Å². The average Bonchev–Trinajstić information content (AvgIpc) is 3.03. The molecule has 0 saturated carbocycles. The van der Waals surface area contributed by atoms with Crippen molar-refractivity contribution in [3.63, 3.8) is 0 Å². The van der Waals surface area contributed by atoms with Gasteiger partial charge in [0.15, 0.2) is 17.5 Å². The topological polar surface area (TPSA) is 85.7 Å². The largest absolute Gasteiger partial charge is 0.573 e. The predicted molar refractivity (Wildman–Crippen MR) is 91.9 cm³/mol. The Balaban J connectivity index is 2.03. The number of guanidine groups is 1. The number of anilines is 1. The standard InChI is InChI=1S/C17H21F3N4O2/c1-3-11(4-2)14-9-12(26-24-14)10-22-16(21)23-13-7-5-6-8-15(13)25-17(18,19)20/h5-9,11H,3-4,10H2,1-2H3,(H3,21,22,23). The SMILES string of the molecule is CCC(CC)c1cc(CN=C(N)Nc2ccccc2OC(F)(F)F)on1. The highest BCUT2D eigenvalue weighted by Gasteiger charge is 2.32. The fourth-order valence-electron chi connectivity index (χ4n) is 2.43. The first-order chi connectivity index (χ1) is 12.3. The Kier molecular flexibility index (Phi) is 6.48. The van der Waals surface area contributed by atoms with Crippen LogP contribution in [0.3, 0.4) is 0 Å².